The molecule has 438 valence electrons. The van der Waals surface area contributed by atoms with Gasteiger partial charge in [0, 0.05) is 164 Å². The average Bonchev–Trinajstić information content (AvgIpc) is 3.26. The number of rotatable bonds is 12. The Hall–Kier alpha value is -3.65. The van der Waals surface area contributed by atoms with Crippen molar-refractivity contribution in [2.24, 2.45) is 0 Å². The van der Waals surface area contributed by atoms with E-state index in [1.165, 1.54) is 45.1 Å². The first-order chi connectivity index (χ1) is 31.9. The van der Waals surface area contributed by atoms with Crippen LogP contribution in [0.3, 0.4) is 0 Å². The molecule has 0 atom stereocenters. The quantitative estimate of drug-likeness (QED) is 0.0602. The summed E-state index contributed by atoms with van der Waals surface area (Å²) >= 11 is 0. The van der Waals surface area contributed by atoms with Gasteiger partial charge >= 0.3 is 0 Å². The van der Waals surface area contributed by atoms with E-state index >= 15 is 0 Å². The van der Waals surface area contributed by atoms with Gasteiger partial charge in [0.25, 0.3) is 5.97 Å². The number of nitrogens with one attached hydrogen (secondary N) is 4. The van der Waals surface area contributed by atoms with Crippen LogP contribution in [0.1, 0.15) is 55.4 Å². The molecule has 4 aliphatic rings. The molecular weight excluding hydrogens is 1200 g/mol. The summed E-state index contributed by atoms with van der Waals surface area (Å²) in [7, 11) is 0. The van der Waals surface area contributed by atoms with Gasteiger partial charge in [-0.1, -0.05) is 48.6 Å². The van der Waals surface area contributed by atoms with Crippen LogP contribution in [0.5, 0.6) is 0 Å². The Morgan fingerprint density at radius 2 is 0.493 bits per heavy atom. The third kappa shape index (κ3) is 62.8. The normalized spacial score (nSPS) is 15.0. The second kappa shape index (κ2) is 64.6. The van der Waals surface area contributed by atoms with Crippen LogP contribution in [0.15, 0.2) is 142 Å². The number of allylic oxidation sites excluding steroid dienone is 24. The van der Waals surface area contributed by atoms with Crippen molar-refractivity contribution < 1.29 is 176 Å². The number of ketones is 4. The van der Waals surface area contributed by atoms with Gasteiger partial charge in [-0.15, -0.1) is 0 Å². The number of carbonyl (C=O) groups excluding carboxylic acids is 4. The number of hydrogen-bond donors (Lipinski definition) is 15. The van der Waals surface area contributed by atoms with E-state index in [0.717, 1.165) is 29.7 Å². The minimum Gasteiger partial charge on any atom is -0.481 e. The van der Waals surface area contributed by atoms with Crippen LogP contribution < -0.4 is 21.3 Å². The minimum atomic E-state index is -1.17. The van der Waals surface area contributed by atoms with Gasteiger partial charge in [0.1, 0.15) is 18.9 Å². The average molecular weight is 1280 g/mol. The van der Waals surface area contributed by atoms with Crippen molar-refractivity contribution >= 4 is 29.1 Å². The fraction of sp³-hybridized carbons (Fsp3) is 0.396. The summed E-state index contributed by atoms with van der Waals surface area (Å²) in [6.07, 6.45) is 23.8. The first kappa shape index (κ1) is 97.0. The summed E-state index contributed by atoms with van der Waals surface area (Å²) in [6, 6.07) is 0. The summed E-state index contributed by atoms with van der Waals surface area (Å²) in [5.41, 5.74) is 5.87. The third-order valence-electron chi connectivity index (χ3n) is 7.17. The van der Waals surface area contributed by atoms with Gasteiger partial charge in [-0.3, -0.25) is 24.0 Å². The monoisotopic (exact) mass is 1280 g/mol. The van der Waals surface area contributed by atoms with Gasteiger partial charge in [0.2, 0.25) is 0 Å². The van der Waals surface area contributed by atoms with Crippen LogP contribution in [0, 0.1) is 0 Å². The molecule has 0 radical (unpaired) electrons. The molecule has 22 nitrogen and oxygen atoms in total. The fourth-order valence-electron chi connectivity index (χ4n) is 4.46. The van der Waals surface area contributed by atoms with Crippen molar-refractivity contribution in [2.45, 2.75) is 74.3 Å². The molecule has 0 amide bonds. The summed E-state index contributed by atoms with van der Waals surface area (Å²) < 4.78 is 0. The van der Waals surface area contributed by atoms with E-state index in [1.54, 1.807) is 48.6 Å². The summed E-state index contributed by atoms with van der Waals surface area (Å²) in [6.45, 7) is 14.4. The van der Waals surface area contributed by atoms with Crippen molar-refractivity contribution in [3.05, 3.63) is 142 Å². The molecule has 75 heavy (non-hydrogen) atoms. The molecule has 0 aromatic carbocycles. The zero-order valence-electron chi connectivity index (χ0n) is 42.9. The maximum Gasteiger partial charge on any atom is 0.300 e. The number of aliphatic hydroxyl groups is 10. The predicted molar refractivity (Wildman–Crippen MR) is 267 cm³/mol. The van der Waals surface area contributed by atoms with Gasteiger partial charge in [-0.25, -0.2) is 0 Å². The van der Waals surface area contributed by atoms with Crippen LogP contribution in [-0.2, 0) is 109 Å². The third-order valence-corrected chi connectivity index (χ3v) is 7.17. The number of hydrogen-bond acceptors (Lipinski definition) is 19. The number of carboxylic acid groups (broad SMARTS) is 1. The maximum atomic E-state index is 11.3. The Kier molecular flexibility index (Phi) is 83.6. The molecule has 4 aliphatic carbocycles. The van der Waals surface area contributed by atoms with Crippen molar-refractivity contribution in [2.75, 3.05) is 52.6 Å². The zero-order chi connectivity index (χ0) is 53.0. The molecule has 0 heterocycles. The first-order valence-electron chi connectivity index (χ1n) is 21.0. The SMILES string of the molecule is CC(=O)O.CC(NCCO)=C1C=CC=CC1=O.CC(NCCO)=C1C=CC=CC1=O.CC(NCCO)=C1C=CC=CC1=O.CC(NCCO)=C1C=CC=CC1=O.CC(O)O.CC(O)O.CC(O)O.O.O.[Fe].[Fe].[Fe].[Fe].[Fe]. The van der Waals surface area contributed by atoms with Crippen LogP contribution >= 0.6 is 0 Å². The van der Waals surface area contributed by atoms with Gasteiger partial charge in [-0.2, -0.15) is 0 Å². The number of carboxylic acids is 1. The molecule has 0 aromatic rings. The van der Waals surface area contributed by atoms with E-state index < -0.39 is 24.8 Å². The smallest absolute Gasteiger partial charge is 0.300 e. The van der Waals surface area contributed by atoms with Gasteiger partial charge in [0.05, 0.1) is 26.4 Å². The molecule has 0 fully saturated rings. The van der Waals surface area contributed by atoms with Crippen molar-refractivity contribution in [3.8, 4) is 0 Å². The van der Waals surface area contributed by atoms with Crippen molar-refractivity contribution in [3.63, 3.8) is 0 Å². The standard InChI is InChI=1S/4C10H13NO2.3C2H6O2.C2H4O2.5Fe.2H2O/c4*1-8(11-6-7-12)9-4-2-3-5-10(9)13;4*1-2(3)4;;;;;;;/h4*2-5,11-12H,6-7H2,1H3;3*2-4H,1H3;1H3,(H,3,4);;;;;;2*1H2. The molecule has 4 rings (SSSR count). The largest absolute Gasteiger partial charge is 0.481 e. The first-order valence-corrected chi connectivity index (χ1v) is 21.0. The Morgan fingerprint density at radius 3 is 0.600 bits per heavy atom. The fourth-order valence-corrected chi connectivity index (χ4v) is 4.46. The van der Waals surface area contributed by atoms with Gasteiger partial charge < -0.3 is 88.4 Å². The Balaban J connectivity index is -0.0000000717. The second-order valence-electron chi connectivity index (χ2n) is 13.5. The van der Waals surface area contributed by atoms with E-state index in [4.69, 9.17) is 61.0 Å². The van der Waals surface area contributed by atoms with Gasteiger partial charge in [0.15, 0.2) is 23.1 Å². The topological polar surface area (TPSA) is 419 Å². The van der Waals surface area contributed by atoms with Crippen LogP contribution in [0.4, 0.5) is 0 Å². The van der Waals surface area contributed by atoms with E-state index in [0.29, 0.717) is 48.5 Å². The predicted octanol–water partition coefficient (Wildman–Crippen LogP) is -1.47. The second-order valence-corrected chi connectivity index (χ2v) is 13.5. The molecule has 0 aliphatic heterocycles. The van der Waals surface area contributed by atoms with Crippen LogP contribution in [-0.4, -0.2) is 168 Å². The van der Waals surface area contributed by atoms with E-state index in [1.807, 2.05) is 52.0 Å². The molecule has 27 heteroatoms. The summed E-state index contributed by atoms with van der Waals surface area (Å²) in [5, 5.41) is 99.2. The van der Waals surface area contributed by atoms with E-state index in [-0.39, 0.29) is 146 Å². The molecule has 0 bridgehead atoms. The zero-order valence-corrected chi connectivity index (χ0v) is 48.4. The van der Waals surface area contributed by atoms with Crippen molar-refractivity contribution in [1.29, 1.82) is 0 Å². The molecule has 19 N–H and O–H groups in total. The maximum absolute atomic E-state index is 11.3. The Labute approximate surface area is 492 Å². The van der Waals surface area contributed by atoms with Crippen molar-refractivity contribution in [1.82, 2.24) is 21.3 Å². The van der Waals surface area contributed by atoms with Crippen LogP contribution in [0.25, 0.3) is 0 Å². The molecule has 0 spiro atoms. The number of carbonyl (C=O) groups is 5. The molecule has 0 unspecified atom stereocenters. The molecule has 0 saturated carbocycles. The Morgan fingerprint density at radius 1 is 0.373 bits per heavy atom. The summed E-state index contributed by atoms with van der Waals surface area (Å²) in [5.74, 6) is -0.813. The molecular formula is C48H78Fe5N4O18. The minimum absolute atomic E-state index is 0. The Bertz CT molecular complexity index is 1660. The van der Waals surface area contributed by atoms with Gasteiger partial charge in [-0.05, 0) is 97.1 Å². The van der Waals surface area contributed by atoms with E-state index in [2.05, 4.69) is 21.3 Å². The van der Waals surface area contributed by atoms with E-state index in [9.17, 15) is 19.2 Å². The number of aliphatic hydroxyl groups excluding tert-OH is 7. The summed E-state index contributed by atoms with van der Waals surface area (Å²) in [4.78, 5) is 54.2. The van der Waals surface area contributed by atoms with Crippen LogP contribution in [0.2, 0.25) is 0 Å². The molecule has 0 saturated heterocycles. The number of aliphatic carboxylic acids is 1. The molecule has 0 aromatic heterocycles.